The maximum absolute atomic E-state index is 5.80. The fourth-order valence-electron chi connectivity index (χ4n) is 2.98. The number of hydrogen-bond acceptors (Lipinski definition) is 6. The number of ether oxygens (including phenoxy) is 2. The number of nitrogen functional groups attached to an aromatic ring is 1. The molecule has 0 saturated heterocycles. The maximum Gasteiger partial charge on any atom is 0.180 e. The quantitative estimate of drug-likeness (QED) is 0.903. The summed E-state index contributed by atoms with van der Waals surface area (Å²) in [7, 11) is 3.36. The highest BCUT2D eigenvalue weighted by molar-refractivity contribution is 7.15. The lowest BCUT2D eigenvalue weighted by Gasteiger charge is -2.17. The number of benzene rings is 1. The van der Waals surface area contributed by atoms with Gasteiger partial charge in [0.05, 0.1) is 25.5 Å². The average Bonchev–Trinajstić information content (AvgIpc) is 2.86. The first kappa shape index (κ1) is 16.8. The molecule has 1 aromatic heterocycles. The highest BCUT2D eigenvalue weighted by Crippen LogP contribution is 2.29. The molecule has 5 nitrogen and oxygen atoms in total. The lowest BCUT2D eigenvalue weighted by molar-refractivity contribution is 0.318. The number of hydrogen-bond donors (Lipinski definition) is 1. The van der Waals surface area contributed by atoms with E-state index in [9.17, 15) is 0 Å². The van der Waals surface area contributed by atoms with Gasteiger partial charge < -0.3 is 15.2 Å². The Bertz CT molecular complexity index is 679. The van der Waals surface area contributed by atoms with Crippen molar-refractivity contribution in [3.05, 3.63) is 40.4 Å². The molecule has 1 aliphatic heterocycles. The van der Waals surface area contributed by atoms with Crippen LogP contribution in [-0.2, 0) is 12.8 Å². The second-order valence-electron chi connectivity index (χ2n) is 5.70. The molecule has 128 valence electrons. The number of thiazole rings is 1. The molecule has 1 aliphatic rings. The Balaban J connectivity index is 1.64. The summed E-state index contributed by atoms with van der Waals surface area (Å²) in [4.78, 5) is 8.21. The van der Waals surface area contributed by atoms with Crippen molar-refractivity contribution in [3.63, 3.8) is 0 Å². The monoisotopic (exact) mass is 345 g/mol. The molecule has 0 bridgehead atoms. The van der Waals surface area contributed by atoms with E-state index in [2.05, 4.69) is 22.0 Å². The van der Waals surface area contributed by atoms with Crippen LogP contribution in [0.15, 0.2) is 24.3 Å². The van der Waals surface area contributed by atoms with E-state index in [1.807, 2.05) is 18.2 Å². The molecule has 2 heterocycles. The summed E-state index contributed by atoms with van der Waals surface area (Å²) < 4.78 is 10.9. The number of fused-ring (bicyclic) bond motifs is 1. The molecule has 0 spiro atoms. The molecular weight excluding hydrogens is 322 g/mol. The number of methoxy groups -OCH3 is 2. The van der Waals surface area contributed by atoms with Gasteiger partial charge in [-0.2, -0.15) is 0 Å². The van der Waals surface area contributed by atoms with Gasteiger partial charge in [-0.15, -0.1) is 11.3 Å². The van der Waals surface area contributed by atoms with Crippen LogP contribution in [0.25, 0.3) is 6.08 Å². The van der Waals surface area contributed by atoms with E-state index in [4.69, 9.17) is 15.2 Å². The first-order chi connectivity index (χ1) is 11.7. The molecule has 0 radical (unpaired) electrons. The predicted molar refractivity (Wildman–Crippen MR) is 99.0 cm³/mol. The number of anilines is 1. The van der Waals surface area contributed by atoms with Crippen LogP contribution in [0, 0.1) is 0 Å². The number of rotatable bonds is 5. The molecule has 0 atom stereocenters. The second-order valence-corrected chi connectivity index (χ2v) is 6.82. The van der Waals surface area contributed by atoms with Crippen molar-refractivity contribution in [2.75, 3.05) is 39.6 Å². The van der Waals surface area contributed by atoms with Gasteiger partial charge >= 0.3 is 0 Å². The second kappa shape index (κ2) is 7.68. The minimum atomic E-state index is 0.691. The molecule has 6 heteroatoms. The van der Waals surface area contributed by atoms with Gasteiger partial charge in [0, 0.05) is 30.9 Å². The van der Waals surface area contributed by atoms with Crippen LogP contribution in [0.1, 0.15) is 16.1 Å². The van der Waals surface area contributed by atoms with Gasteiger partial charge in [-0.25, -0.2) is 4.98 Å². The van der Waals surface area contributed by atoms with Gasteiger partial charge in [0.1, 0.15) is 11.5 Å². The largest absolute Gasteiger partial charge is 0.496 e. The SMILES string of the molecule is COc1cccc(OC)c1C=CCN1CCc2nc(N)sc2CC1. The maximum atomic E-state index is 5.80. The van der Waals surface area contributed by atoms with E-state index < -0.39 is 0 Å². The summed E-state index contributed by atoms with van der Waals surface area (Å²) in [5, 5.41) is 0.691. The minimum Gasteiger partial charge on any atom is -0.496 e. The molecule has 3 rings (SSSR count). The van der Waals surface area contributed by atoms with E-state index >= 15 is 0 Å². The fourth-order valence-corrected chi connectivity index (χ4v) is 3.84. The molecule has 1 aromatic carbocycles. The smallest absolute Gasteiger partial charge is 0.180 e. The molecule has 0 aliphatic carbocycles. The number of aromatic nitrogens is 1. The molecule has 0 fully saturated rings. The van der Waals surface area contributed by atoms with E-state index in [0.29, 0.717) is 5.13 Å². The minimum absolute atomic E-state index is 0.691. The lowest BCUT2D eigenvalue weighted by Crippen LogP contribution is -2.26. The van der Waals surface area contributed by atoms with Gasteiger partial charge in [-0.1, -0.05) is 18.2 Å². The van der Waals surface area contributed by atoms with Crippen molar-refractivity contribution in [1.29, 1.82) is 0 Å². The average molecular weight is 345 g/mol. The topological polar surface area (TPSA) is 60.6 Å². The molecule has 0 unspecified atom stereocenters. The zero-order chi connectivity index (χ0) is 16.9. The highest BCUT2D eigenvalue weighted by atomic mass is 32.1. The molecule has 24 heavy (non-hydrogen) atoms. The van der Waals surface area contributed by atoms with Crippen LogP contribution in [0.5, 0.6) is 11.5 Å². The Morgan fingerprint density at radius 2 is 1.92 bits per heavy atom. The summed E-state index contributed by atoms with van der Waals surface area (Å²) in [6.07, 6.45) is 6.24. The first-order valence-corrected chi connectivity index (χ1v) is 8.87. The number of nitrogens with zero attached hydrogens (tertiary/aromatic N) is 2. The fraction of sp³-hybridized carbons (Fsp3) is 0.389. The molecule has 2 aromatic rings. The van der Waals surface area contributed by atoms with Crippen molar-refractivity contribution in [2.24, 2.45) is 0 Å². The third-order valence-corrected chi connectivity index (χ3v) is 5.22. The lowest BCUT2D eigenvalue weighted by atomic mass is 10.1. The van der Waals surface area contributed by atoms with E-state index in [1.54, 1.807) is 25.6 Å². The Labute approximate surface area is 146 Å². The van der Waals surface area contributed by atoms with Gasteiger partial charge in [0.15, 0.2) is 5.13 Å². The van der Waals surface area contributed by atoms with Crippen LogP contribution < -0.4 is 15.2 Å². The summed E-state index contributed by atoms with van der Waals surface area (Å²) in [6, 6.07) is 5.82. The number of nitrogens with two attached hydrogens (primary N) is 1. The standard InChI is InChI=1S/C18H23N3O2S/c1-22-15-6-3-7-16(23-2)13(15)5-4-10-21-11-8-14-17(9-12-21)24-18(19)20-14/h3-7H,8-12H2,1-2H3,(H2,19,20). The summed E-state index contributed by atoms with van der Waals surface area (Å²) in [5.41, 5.74) is 7.96. The zero-order valence-electron chi connectivity index (χ0n) is 14.1. The van der Waals surface area contributed by atoms with Crippen LogP contribution in [-0.4, -0.2) is 43.7 Å². The predicted octanol–water partition coefficient (Wildman–Crippen LogP) is 2.86. The Kier molecular flexibility index (Phi) is 5.37. The van der Waals surface area contributed by atoms with Crippen molar-refractivity contribution in [3.8, 4) is 11.5 Å². The van der Waals surface area contributed by atoms with Crippen LogP contribution >= 0.6 is 11.3 Å². The third kappa shape index (κ3) is 3.71. The Morgan fingerprint density at radius 1 is 1.21 bits per heavy atom. The van der Waals surface area contributed by atoms with Crippen LogP contribution in [0.2, 0.25) is 0 Å². The van der Waals surface area contributed by atoms with Gasteiger partial charge in [-0.05, 0) is 18.6 Å². The zero-order valence-corrected chi connectivity index (χ0v) is 14.9. The van der Waals surface area contributed by atoms with E-state index in [1.165, 1.54) is 10.6 Å². The van der Waals surface area contributed by atoms with Gasteiger partial charge in [-0.3, -0.25) is 4.90 Å². The summed E-state index contributed by atoms with van der Waals surface area (Å²) in [6.45, 7) is 2.93. The Hall–Kier alpha value is -2.05. The third-order valence-electron chi connectivity index (χ3n) is 4.23. The van der Waals surface area contributed by atoms with Crippen molar-refractivity contribution in [1.82, 2.24) is 9.88 Å². The Morgan fingerprint density at radius 3 is 2.62 bits per heavy atom. The molecular formula is C18H23N3O2S. The summed E-state index contributed by atoms with van der Waals surface area (Å²) >= 11 is 1.63. The summed E-state index contributed by atoms with van der Waals surface area (Å²) in [5.74, 6) is 1.65. The van der Waals surface area contributed by atoms with E-state index in [-0.39, 0.29) is 0 Å². The van der Waals surface area contributed by atoms with Crippen molar-refractivity contribution in [2.45, 2.75) is 12.8 Å². The highest BCUT2D eigenvalue weighted by Gasteiger charge is 2.16. The van der Waals surface area contributed by atoms with Gasteiger partial charge in [0.25, 0.3) is 0 Å². The van der Waals surface area contributed by atoms with Crippen molar-refractivity contribution >= 4 is 22.5 Å². The van der Waals surface area contributed by atoms with Gasteiger partial charge in [0.2, 0.25) is 0 Å². The van der Waals surface area contributed by atoms with E-state index in [0.717, 1.165) is 49.5 Å². The molecule has 2 N–H and O–H groups in total. The van der Waals surface area contributed by atoms with Crippen molar-refractivity contribution < 1.29 is 9.47 Å². The molecule has 0 amide bonds. The molecule has 0 saturated carbocycles. The van der Waals surface area contributed by atoms with Crippen LogP contribution in [0.4, 0.5) is 5.13 Å². The first-order valence-electron chi connectivity index (χ1n) is 8.05. The normalized spacial score (nSPS) is 15.2. The van der Waals surface area contributed by atoms with Crippen LogP contribution in [0.3, 0.4) is 0 Å².